The summed E-state index contributed by atoms with van der Waals surface area (Å²) < 4.78 is 17.3. The van der Waals surface area contributed by atoms with Gasteiger partial charge in [0.05, 0.1) is 25.3 Å². The second kappa shape index (κ2) is 11.0. The first kappa shape index (κ1) is 23.4. The molecule has 0 unspecified atom stereocenters. The smallest absolute Gasteiger partial charge is 0.254 e. The van der Waals surface area contributed by atoms with Crippen LogP contribution >= 0.6 is 0 Å². The molecule has 0 spiro atoms. The van der Waals surface area contributed by atoms with E-state index >= 15 is 0 Å². The Kier molecular flexibility index (Phi) is 7.33. The molecule has 7 nitrogen and oxygen atoms in total. The van der Waals surface area contributed by atoms with Gasteiger partial charge in [-0.3, -0.25) is 4.79 Å². The number of hydrogen-bond acceptors (Lipinski definition) is 6. The fourth-order valence-electron chi connectivity index (χ4n) is 4.99. The zero-order chi connectivity index (χ0) is 24.0. The van der Waals surface area contributed by atoms with Crippen molar-refractivity contribution in [2.45, 2.75) is 44.8 Å². The minimum atomic E-state index is -0.0517. The van der Waals surface area contributed by atoms with Crippen molar-refractivity contribution in [2.75, 3.05) is 38.3 Å². The van der Waals surface area contributed by atoms with Crippen LogP contribution in [0.1, 0.15) is 48.0 Å². The van der Waals surface area contributed by atoms with E-state index < -0.39 is 0 Å². The third-order valence-corrected chi connectivity index (χ3v) is 6.86. The van der Waals surface area contributed by atoms with E-state index in [4.69, 9.17) is 14.0 Å². The van der Waals surface area contributed by atoms with Crippen LogP contribution in [-0.4, -0.2) is 55.4 Å². The fraction of sp³-hybridized carbons (Fsp3) is 0.429. The van der Waals surface area contributed by atoms with Gasteiger partial charge >= 0.3 is 0 Å². The molecule has 2 aromatic carbocycles. The molecule has 2 saturated heterocycles. The summed E-state index contributed by atoms with van der Waals surface area (Å²) in [5, 5.41) is 4.50. The van der Waals surface area contributed by atoms with E-state index in [1.807, 2.05) is 53.4 Å². The van der Waals surface area contributed by atoms with Gasteiger partial charge in [-0.15, -0.1) is 0 Å². The van der Waals surface area contributed by atoms with Crippen LogP contribution in [0.25, 0.3) is 11.3 Å². The Hall–Kier alpha value is -3.32. The van der Waals surface area contributed by atoms with Crippen molar-refractivity contribution >= 4 is 11.8 Å². The van der Waals surface area contributed by atoms with Crippen molar-refractivity contribution in [2.24, 2.45) is 0 Å². The zero-order valence-corrected chi connectivity index (χ0v) is 20.3. The number of carbonyl (C=O) groups is 1. The van der Waals surface area contributed by atoms with Crippen LogP contribution in [0.4, 0.5) is 5.88 Å². The number of ether oxygens (including phenoxy) is 2. The highest BCUT2D eigenvalue weighted by atomic mass is 16.5. The molecule has 3 heterocycles. The van der Waals surface area contributed by atoms with E-state index in [9.17, 15) is 4.79 Å². The van der Waals surface area contributed by atoms with E-state index in [0.717, 1.165) is 68.1 Å². The molecule has 1 aromatic heterocycles. The topological polar surface area (TPSA) is 68.0 Å². The fourth-order valence-corrected chi connectivity index (χ4v) is 4.99. The standard InChI is InChI=1S/C28H33N3O4/c1-33-23-13-8-12-22(18-23)27(32)31(19-24-14-9-17-34-24)20-25-26(21-10-4-2-5-11-21)29-35-28(25)30-15-6-3-7-16-30/h2,4-5,8,10-13,18,24H,3,6-7,9,14-17,19-20H2,1H3/t24-/m1/s1. The van der Waals surface area contributed by atoms with Gasteiger partial charge in [0.1, 0.15) is 11.4 Å². The first-order valence-corrected chi connectivity index (χ1v) is 12.6. The SMILES string of the molecule is COc1cccc(C(=O)N(Cc2c(-c3ccccc3)noc2N2CCCCC2)C[C@H]2CCCO2)c1. The Morgan fingerprint density at radius 2 is 1.91 bits per heavy atom. The Morgan fingerprint density at radius 1 is 1.09 bits per heavy atom. The van der Waals surface area contributed by atoms with E-state index in [-0.39, 0.29) is 12.0 Å². The molecule has 184 valence electrons. The van der Waals surface area contributed by atoms with Gasteiger partial charge in [-0.1, -0.05) is 41.6 Å². The second-order valence-corrected chi connectivity index (χ2v) is 9.28. The summed E-state index contributed by atoms with van der Waals surface area (Å²) in [4.78, 5) is 18.0. The highest BCUT2D eigenvalue weighted by Crippen LogP contribution is 2.34. The normalized spacial score (nSPS) is 18.0. The van der Waals surface area contributed by atoms with Gasteiger partial charge in [0.25, 0.3) is 5.91 Å². The van der Waals surface area contributed by atoms with Crippen molar-refractivity contribution in [3.05, 3.63) is 65.7 Å². The van der Waals surface area contributed by atoms with E-state index in [1.54, 1.807) is 13.2 Å². The van der Waals surface area contributed by atoms with Crippen molar-refractivity contribution < 1.29 is 18.8 Å². The summed E-state index contributed by atoms with van der Waals surface area (Å²) in [6.07, 6.45) is 5.49. The maximum absolute atomic E-state index is 13.8. The highest BCUT2D eigenvalue weighted by molar-refractivity contribution is 5.94. The third kappa shape index (κ3) is 5.35. The highest BCUT2D eigenvalue weighted by Gasteiger charge is 2.30. The number of amides is 1. The molecule has 1 amide bonds. The molecule has 2 aliphatic heterocycles. The number of carbonyl (C=O) groups excluding carboxylic acids is 1. The summed E-state index contributed by atoms with van der Waals surface area (Å²) in [7, 11) is 1.61. The van der Waals surface area contributed by atoms with Crippen molar-refractivity contribution in [1.29, 1.82) is 0 Å². The van der Waals surface area contributed by atoms with Gasteiger partial charge in [-0.05, 0) is 50.3 Å². The monoisotopic (exact) mass is 475 g/mol. The summed E-state index contributed by atoms with van der Waals surface area (Å²) in [5.41, 5.74) is 3.33. The van der Waals surface area contributed by atoms with Gasteiger partial charge < -0.3 is 23.8 Å². The molecule has 7 heteroatoms. The van der Waals surface area contributed by atoms with Crippen LogP contribution < -0.4 is 9.64 Å². The Morgan fingerprint density at radius 3 is 2.66 bits per heavy atom. The number of methoxy groups -OCH3 is 1. The Balaban J connectivity index is 1.51. The van der Waals surface area contributed by atoms with Crippen molar-refractivity contribution in [3.63, 3.8) is 0 Å². The first-order chi connectivity index (χ1) is 17.2. The Labute approximate surface area is 206 Å². The molecule has 5 rings (SSSR count). The summed E-state index contributed by atoms with van der Waals surface area (Å²) in [6.45, 7) is 3.54. The van der Waals surface area contributed by atoms with Gasteiger partial charge in [0.2, 0.25) is 5.88 Å². The quantitative estimate of drug-likeness (QED) is 0.448. The number of nitrogens with zero attached hydrogens (tertiary/aromatic N) is 3. The largest absolute Gasteiger partial charge is 0.497 e. The molecule has 1 atom stereocenters. The van der Waals surface area contributed by atoms with Crippen LogP contribution in [0.15, 0.2) is 59.1 Å². The molecule has 0 aliphatic carbocycles. The maximum atomic E-state index is 13.8. The number of aromatic nitrogens is 1. The van der Waals surface area contributed by atoms with Crippen molar-refractivity contribution in [1.82, 2.24) is 10.1 Å². The van der Waals surface area contributed by atoms with E-state index in [0.29, 0.717) is 24.4 Å². The minimum absolute atomic E-state index is 0.0306. The van der Waals surface area contributed by atoms with Crippen LogP contribution in [-0.2, 0) is 11.3 Å². The third-order valence-electron chi connectivity index (χ3n) is 6.86. The van der Waals surface area contributed by atoms with Crippen molar-refractivity contribution in [3.8, 4) is 17.0 Å². The predicted molar refractivity (Wildman–Crippen MR) is 135 cm³/mol. The second-order valence-electron chi connectivity index (χ2n) is 9.28. The molecule has 35 heavy (non-hydrogen) atoms. The minimum Gasteiger partial charge on any atom is -0.497 e. The molecule has 2 fully saturated rings. The number of rotatable bonds is 8. The summed E-state index contributed by atoms with van der Waals surface area (Å²) in [5.74, 6) is 1.39. The van der Waals surface area contributed by atoms with Crippen LogP contribution in [0.5, 0.6) is 5.75 Å². The first-order valence-electron chi connectivity index (χ1n) is 12.6. The number of anilines is 1. The van der Waals surface area contributed by atoms with Gasteiger partial charge in [0, 0.05) is 37.4 Å². The molecule has 3 aromatic rings. The predicted octanol–water partition coefficient (Wildman–Crippen LogP) is 5.16. The average Bonchev–Trinajstić information content (AvgIpc) is 3.59. The lowest BCUT2D eigenvalue weighted by Crippen LogP contribution is -2.38. The van der Waals surface area contributed by atoms with Gasteiger partial charge in [-0.2, -0.15) is 0 Å². The number of hydrogen-bond donors (Lipinski definition) is 0. The number of benzene rings is 2. The van der Waals surface area contributed by atoms with Crippen LogP contribution in [0.3, 0.4) is 0 Å². The Bertz CT molecular complexity index is 1120. The molecular weight excluding hydrogens is 442 g/mol. The van der Waals surface area contributed by atoms with Gasteiger partial charge in [-0.25, -0.2) is 0 Å². The van der Waals surface area contributed by atoms with Gasteiger partial charge in [0.15, 0.2) is 0 Å². The molecule has 2 aliphatic rings. The lowest BCUT2D eigenvalue weighted by atomic mass is 10.0. The lowest BCUT2D eigenvalue weighted by Gasteiger charge is -2.29. The molecular formula is C28H33N3O4. The summed E-state index contributed by atoms with van der Waals surface area (Å²) in [6, 6.07) is 17.4. The van der Waals surface area contributed by atoms with E-state index in [1.165, 1.54) is 6.42 Å². The maximum Gasteiger partial charge on any atom is 0.254 e. The van der Waals surface area contributed by atoms with Crippen LogP contribution in [0, 0.1) is 0 Å². The summed E-state index contributed by atoms with van der Waals surface area (Å²) >= 11 is 0. The number of piperidine rings is 1. The lowest BCUT2D eigenvalue weighted by molar-refractivity contribution is 0.0507. The van der Waals surface area contributed by atoms with Crippen LogP contribution in [0.2, 0.25) is 0 Å². The molecule has 0 N–H and O–H groups in total. The molecule has 0 saturated carbocycles. The zero-order valence-electron chi connectivity index (χ0n) is 20.3. The molecule has 0 radical (unpaired) electrons. The van der Waals surface area contributed by atoms with E-state index in [2.05, 4.69) is 10.1 Å². The molecule has 0 bridgehead atoms. The average molecular weight is 476 g/mol.